The second-order valence-electron chi connectivity index (χ2n) is 8.22. The SMILES string of the molecule is CCC(CNC(=O)C(C)CNC(=O)OCC1c2ccccc2-c2ccccc21)CC(=O)O. The minimum absolute atomic E-state index is 0.0170. The van der Waals surface area contributed by atoms with E-state index in [0.717, 1.165) is 22.3 Å². The minimum atomic E-state index is -0.879. The van der Waals surface area contributed by atoms with Crippen molar-refractivity contribution < 1.29 is 24.2 Å². The Kier molecular flexibility index (Phi) is 7.87. The maximum atomic E-state index is 12.3. The third-order valence-corrected chi connectivity index (χ3v) is 5.95. The predicted molar refractivity (Wildman–Crippen MR) is 121 cm³/mol. The van der Waals surface area contributed by atoms with Gasteiger partial charge in [-0.3, -0.25) is 9.59 Å². The smallest absolute Gasteiger partial charge is 0.407 e. The van der Waals surface area contributed by atoms with Crippen LogP contribution in [0.25, 0.3) is 11.1 Å². The van der Waals surface area contributed by atoms with Crippen molar-refractivity contribution in [1.82, 2.24) is 10.6 Å². The molecule has 0 spiro atoms. The molecule has 0 saturated carbocycles. The Morgan fingerprint density at radius 3 is 2.12 bits per heavy atom. The number of nitrogens with one attached hydrogen (secondary N) is 2. The maximum Gasteiger partial charge on any atom is 0.407 e. The number of rotatable bonds is 10. The van der Waals surface area contributed by atoms with E-state index in [2.05, 4.69) is 34.9 Å². The number of benzene rings is 2. The summed E-state index contributed by atoms with van der Waals surface area (Å²) < 4.78 is 5.48. The number of carbonyl (C=O) groups excluding carboxylic acids is 2. The highest BCUT2D eigenvalue weighted by Gasteiger charge is 2.29. The van der Waals surface area contributed by atoms with E-state index < -0.39 is 18.0 Å². The zero-order chi connectivity index (χ0) is 23.1. The highest BCUT2D eigenvalue weighted by molar-refractivity contribution is 5.80. The van der Waals surface area contributed by atoms with Crippen molar-refractivity contribution in [1.29, 1.82) is 0 Å². The van der Waals surface area contributed by atoms with Crippen LogP contribution in [-0.2, 0) is 14.3 Å². The number of alkyl carbamates (subject to hydrolysis) is 1. The summed E-state index contributed by atoms with van der Waals surface area (Å²) in [7, 11) is 0. The number of carboxylic acid groups (broad SMARTS) is 1. The van der Waals surface area contributed by atoms with Gasteiger partial charge in [-0.25, -0.2) is 4.79 Å². The normalized spacial score (nSPS) is 14.1. The van der Waals surface area contributed by atoms with Crippen LogP contribution in [0.5, 0.6) is 0 Å². The number of fused-ring (bicyclic) bond motifs is 3. The van der Waals surface area contributed by atoms with Crippen molar-refractivity contribution in [2.45, 2.75) is 32.6 Å². The van der Waals surface area contributed by atoms with Crippen LogP contribution in [0.1, 0.15) is 43.7 Å². The fourth-order valence-electron chi connectivity index (χ4n) is 4.01. The van der Waals surface area contributed by atoms with Gasteiger partial charge in [0.2, 0.25) is 5.91 Å². The van der Waals surface area contributed by atoms with Crippen LogP contribution in [0, 0.1) is 11.8 Å². The minimum Gasteiger partial charge on any atom is -0.481 e. The molecule has 170 valence electrons. The number of carbonyl (C=O) groups is 3. The Balaban J connectivity index is 1.46. The number of amides is 2. The molecule has 1 aliphatic carbocycles. The molecule has 2 amide bonds. The Morgan fingerprint density at radius 2 is 1.56 bits per heavy atom. The number of carboxylic acids is 1. The predicted octanol–water partition coefficient (Wildman–Crippen LogP) is 3.78. The highest BCUT2D eigenvalue weighted by Crippen LogP contribution is 2.44. The van der Waals surface area contributed by atoms with Gasteiger partial charge in [-0.1, -0.05) is 68.8 Å². The van der Waals surface area contributed by atoms with Gasteiger partial charge >= 0.3 is 12.1 Å². The van der Waals surface area contributed by atoms with Crippen LogP contribution in [-0.4, -0.2) is 42.8 Å². The first-order valence-corrected chi connectivity index (χ1v) is 11.0. The van der Waals surface area contributed by atoms with Gasteiger partial charge in [0, 0.05) is 25.4 Å². The molecule has 0 heterocycles. The van der Waals surface area contributed by atoms with Gasteiger partial charge in [0.05, 0.1) is 5.92 Å². The fourth-order valence-corrected chi connectivity index (χ4v) is 4.01. The molecule has 0 aliphatic heterocycles. The molecule has 0 bridgehead atoms. The van der Waals surface area contributed by atoms with Crippen molar-refractivity contribution in [2.24, 2.45) is 11.8 Å². The molecule has 32 heavy (non-hydrogen) atoms. The molecule has 0 fully saturated rings. The van der Waals surface area contributed by atoms with Gasteiger partial charge in [0.15, 0.2) is 0 Å². The maximum absolute atomic E-state index is 12.3. The molecule has 1 aliphatic rings. The fraction of sp³-hybridized carbons (Fsp3) is 0.400. The largest absolute Gasteiger partial charge is 0.481 e. The summed E-state index contributed by atoms with van der Waals surface area (Å²) in [4.78, 5) is 35.4. The first-order chi connectivity index (χ1) is 15.4. The van der Waals surface area contributed by atoms with Gasteiger partial charge in [0.25, 0.3) is 0 Å². The zero-order valence-corrected chi connectivity index (χ0v) is 18.5. The zero-order valence-electron chi connectivity index (χ0n) is 18.5. The van der Waals surface area contributed by atoms with Crippen molar-refractivity contribution in [3.05, 3.63) is 59.7 Å². The highest BCUT2D eigenvalue weighted by atomic mass is 16.5. The van der Waals surface area contributed by atoms with Crippen molar-refractivity contribution in [3.63, 3.8) is 0 Å². The third-order valence-electron chi connectivity index (χ3n) is 5.95. The molecule has 0 saturated heterocycles. The summed E-state index contributed by atoms with van der Waals surface area (Å²) in [6.45, 7) is 4.25. The van der Waals surface area contributed by atoms with E-state index in [1.54, 1.807) is 6.92 Å². The number of hydrogen-bond acceptors (Lipinski definition) is 4. The van der Waals surface area contributed by atoms with Gasteiger partial charge < -0.3 is 20.5 Å². The average molecular weight is 439 g/mol. The van der Waals surface area contributed by atoms with Gasteiger partial charge in [-0.05, 0) is 28.2 Å². The Labute approximate surface area is 188 Å². The lowest BCUT2D eigenvalue weighted by atomic mass is 9.98. The van der Waals surface area contributed by atoms with E-state index in [9.17, 15) is 14.4 Å². The lowest BCUT2D eigenvalue weighted by Crippen LogP contribution is -2.39. The van der Waals surface area contributed by atoms with Crippen molar-refractivity contribution in [2.75, 3.05) is 19.7 Å². The van der Waals surface area contributed by atoms with E-state index in [1.807, 2.05) is 31.2 Å². The third kappa shape index (κ3) is 5.66. The van der Waals surface area contributed by atoms with Gasteiger partial charge in [0.1, 0.15) is 6.61 Å². The topological polar surface area (TPSA) is 105 Å². The summed E-state index contributed by atoms with van der Waals surface area (Å²) in [5.41, 5.74) is 4.61. The molecule has 0 radical (unpaired) electrons. The standard InChI is InChI=1S/C25H30N2O5/c1-3-17(12-23(28)29)14-26-24(30)16(2)13-27-25(31)32-15-22-20-10-6-4-8-18(20)19-9-5-7-11-21(19)22/h4-11,16-17,22H,3,12-15H2,1-2H3,(H,26,30)(H,27,31)(H,28,29). The number of ether oxygens (including phenoxy) is 1. The summed E-state index contributed by atoms with van der Waals surface area (Å²) >= 11 is 0. The van der Waals surface area contributed by atoms with Crippen molar-refractivity contribution >= 4 is 18.0 Å². The van der Waals surface area contributed by atoms with E-state index in [4.69, 9.17) is 9.84 Å². The number of hydrogen-bond donors (Lipinski definition) is 3. The Morgan fingerprint density at radius 1 is 0.969 bits per heavy atom. The van der Waals surface area contributed by atoms with Crippen LogP contribution in [0.3, 0.4) is 0 Å². The second kappa shape index (κ2) is 10.8. The van der Waals surface area contributed by atoms with E-state index >= 15 is 0 Å². The molecule has 3 rings (SSSR count). The molecule has 0 aromatic heterocycles. The molecule has 2 unspecified atom stereocenters. The lowest BCUT2D eigenvalue weighted by molar-refractivity contribution is -0.138. The van der Waals surface area contributed by atoms with Crippen LogP contribution in [0.4, 0.5) is 4.79 Å². The molecule has 7 heteroatoms. The molecular formula is C25H30N2O5. The quantitative estimate of drug-likeness (QED) is 0.524. The average Bonchev–Trinajstić information content (AvgIpc) is 3.12. The lowest BCUT2D eigenvalue weighted by Gasteiger charge is -2.18. The Hall–Kier alpha value is -3.35. The van der Waals surface area contributed by atoms with Gasteiger partial charge in [-0.2, -0.15) is 0 Å². The van der Waals surface area contributed by atoms with Crippen LogP contribution in [0.15, 0.2) is 48.5 Å². The summed E-state index contributed by atoms with van der Waals surface area (Å²) in [5.74, 6) is -1.70. The second-order valence-corrected chi connectivity index (χ2v) is 8.22. The molecule has 2 aromatic carbocycles. The Bertz CT molecular complexity index is 929. The number of aliphatic carboxylic acids is 1. The van der Waals surface area contributed by atoms with Crippen molar-refractivity contribution in [3.8, 4) is 11.1 Å². The first kappa shape index (κ1) is 23.3. The van der Waals surface area contributed by atoms with E-state index in [1.165, 1.54) is 0 Å². The summed E-state index contributed by atoms with van der Waals surface area (Å²) in [5, 5.41) is 14.3. The molecular weight excluding hydrogens is 408 g/mol. The molecule has 3 N–H and O–H groups in total. The van der Waals surface area contributed by atoms with Crippen LogP contribution < -0.4 is 10.6 Å². The van der Waals surface area contributed by atoms with E-state index in [-0.39, 0.29) is 37.3 Å². The summed E-state index contributed by atoms with van der Waals surface area (Å²) in [6.07, 6.45) is 0.117. The van der Waals surface area contributed by atoms with Crippen LogP contribution >= 0.6 is 0 Å². The molecule has 7 nitrogen and oxygen atoms in total. The summed E-state index contributed by atoms with van der Waals surface area (Å²) in [6, 6.07) is 16.2. The van der Waals surface area contributed by atoms with Gasteiger partial charge in [-0.15, -0.1) is 0 Å². The molecule has 2 aromatic rings. The molecule has 2 atom stereocenters. The monoisotopic (exact) mass is 438 g/mol. The first-order valence-electron chi connectivity index (χ1n) is 11.0. The van der Waals surface area contributed by atoms with Crippen LogP contribution in [0.2, 0.25) is 0 Å². The van der Waals surface area contributed by atoms with E-state index in [0.29, 0.717) is 13.0 Å².